The number of benzene rings is 2. The standard InChI is InChI=1S/C34H44FNO6/c1-4-6-7-8-9-10-11-12-13-14-15-16-32(37)36-30-21-25(35)17-19-27(30)29-23-33(38)42-31-22-26(18-20-28(29)31)41-24(3)34(39)40-5-2/h17-24H,4-16H2,1-3H3,(H,36,37)/t24-/m1/s1. The minimum atomic E-state index is -0.850. The summed E-state index contributed by atoms with van der Waals surface area (Å²) >= 11 is 0. The lowest BCUT2D eigenvalue weighted by Crippen LogP contribution is -2.26. The number of hydrogen-bond acceptors (Lipinski definition) is 6. The first-order valence-corrected chi connectivity index (χ1v) is 15.3. The highest BCUT2D eigenvalue weighted by Gasteiger charge is 2.18. The second kappa shape index (κ2) is 17.3. The molecule has 228 valence electrons. The van der Waals surface area contributed by atoms with E-state index in [2.05, 4.69) is 12.2 Å². The summed E-state index contributed by atoms with van der Waals surface area (Å²) in [6, 6.07) is 10.3. The number of amides is 1. The Kier molecular flexibility index (Phi) is 13.5. The van der Waals surface area contributed by atoms with Crippen LogP contribution in [0, 0.1) is 5.82 Å². The van der Waals surface area contributed by atoms with Crippen molar-refractivity contribution in [3.8, 4) is 16.9 Å². The van der Waals surface area contributed by atoms with Crippen molar-refractivity contribution < 1.29 is 27.9 Å². The fourth-order valence-electron chi connectivity index (χ4n) is 4.97. The van der Waals surface area contributed by atoms with E-state index in [0.29, 0.717) is 28.7 Å². The molecular weight excluding hydrogens is 537 g/mol. The minimum Gasteiger partial charge on any atom is -0.479 e. The number of rotatable bonds is 18. The van der Waals surface area contributed by atoms with Crippen LogP contribution in [0.1, 0.15) is 97.8 Å². The monoisotopic (exact) mass is 581 g/mol. The van der Waals surface area contributed by atoms with E-state index in [9.17, 15) is 18.8 Å². The van der Waals surface area contributed by atoms with E-state index in [-0.39, 0.29) is 23.8 Å². The molecule has 42 heavy (non-hydrogen) atoms. The van der Waals surface area contributed by atoms with Gasteiger partial charge in [-0.15, -0.1) is 0 Å². The van der Waals surface area contributed by atoms with Crippen LogP contribution < -0.4 is 15.7 Å². The number of ether oxygens (including phenoxy) is 2. The zero-order chi connectivity index (χ0) is 30.3. The number of halogens is 1. The third kappa shape index (κ3) is 10.3. The third-order valence-electron chi connectivity index (χ3n) is 7.20. The number of esters is 1. The van der Waals surface area contributed by atoms with Crippen molar-refractivity contribution in [2.75, 3.05) is 11.9 Å². The summed E-state index contributed by atoms with van der Waals surface area (Å²) in [5.41, 5.74) is 0.877. The van der Waals surface area contributed by atoms with Gasteiger partial charge in [0.1, 0.15) is 17.1 Å². The minimum absolute atomic E-state index is 0.200. The summed E-state index contributed by atoms with van der Waals surface area (Å²) in [5.74, 6) is -0.885. The second-order valence-corrected chi connectivity index (χ2v) is 10.7. The number of carbonyl (C=O) groups excluding carboxylic acids is 2. The molecule has 3 rings (SSSR count). The summed E-state index contributed by atoms with van der Waals surface area (Å²) in [5, 5.41) is 3.41. The highest BCUT2D eigenvalue weighted by atomic mass is 19.1. The Morgan fingerprint density at radius 1 is 0.857 bits per heavy atom. The molecule has 0 saturated heterocycles. The summed E-state index contributed by atoms with van der Waals surface area (Å²) in [6.07, 6.45) is 12.6. The smallest absolute Gasteiger partial charge is 0.347 e. The van der Waals surface area contributed by atoms with Crippen molar-refractivity contribution in [2.24, 2.45) is 0 Å². The average Bonchev–Trinajstić information content (AvgIpc) is 2.95. The van der Waals surface area contributed by atoms with Gasteiger partial charge in [0.2, 0.25) is 5.91 Å². The lowest BCUT2D eigenvalue weighted by molar-refractivity contribution is -0.150. The van der Waals surface area contributed by atoms with Gasteiger partial charge in [-0.25, -0.2) is 14.0 Å². The molecule has 1 amide bonds. The highest BCUT2D eigenvalue weighted by Crippen LogP contribution is 2.35. The topological polar surface area (TPSA) is 94.8 Å². The van der Waals surface area contributed by atoms with Gasteiger partial charge >= 0.3 is 11.6 Å². The Balaban J connectivity index is 1.63. The van der Waals surface area contributed by atoms with Crippen LogP contribution in [-0.4, -0.2) is 24.6 Å². The first-order valence-electron chi connectivity index (χ1n) is 15.3. The van der Waals surface area contributed by atoms with Crippen LogP contribution in [0.5, 0.6) is 5.75 Å². The number of carbonyl (C=O) groups is 2. The van der Waals surface area contributed by atoms with E-state index in [1.807, 2.05) is 0 Å². The zero-order valence-corrected chi connectivity index (χ0v) is 25.1. The lowest BCUT2D eigenvalue weighted by atomic mass is 9.99. The molecule has 1 aromatic heterocycles. The quantitative estimate of drug-likeness (QED) is 0.0918. The molecule has 2 aromatic carbocycles. The maximum absolute atomic E-state index is 14.3. The fraction of sp³-hybridized carbons (Fsp3) is 0.500. The molecule has 1 atom stereocenters. The molecule has 0 fully saturated rings. The van der Waals surface area contributed by atoms with E-state index in [4.69, 9.17) is 13.9 Å². The van der Waals surface area contributed by atoms with Crippen LogP contribution in [0.25, 0.3) is 22.1 Å². The molecule has 0 saturated carbocycles. The van der Waals surface area contributed by atoms with Gasteiger partial charge in [0.05, 0.1) is 12.3 Å². The van der Waals surface area contributed by atoms with E-state index in [0.717, 1.165) is 19.3 Å². The average molecular weight is 582 g/mol. The normalized spacial score (nSPS) is 11.8. The Hall–Kier alpha value is -3.68. The van der Waals surface area contributed by atoms with Gasteiger partial charge in [-0.2, -0.15) is 0 Å². The summed E-state index contributed by atoms with van der Waals surface area (Å²) in [4.78, 5) is 37.2. The van der Waals surface area contributed by atoms with Crippen LogP contribution in [0.2, 0.25) is 0 Å². The Morgan fingerprint density at radius 3 is 2.19 bits per heavy atom. The predicted molar refractivity (Wildman–Crippen MR) is 164 cm³/mol. The van der Waals surface area contributed by atoms with Crippen molar-refractivity contribution in [2.45, 2.75) is 104 Å². The molecule has 0 aliphatic heterocycles. The first-order chi connectivity index (χ1) is 20.3. The van der Waals surface area contributed by atoms with Gasteiger partial charge in [0.25, 0.3) is 0 Å². The summed E-state index contributed by atoms with van der Waals surface area (Å²) in [6.45, 7) is 5.74. The van der Waals surface area contributed by atoms with Gasteiger partial charge in [-0.3, -0.25) is 4.79 Å². The van der Waals surface area contributed by atoms with Crippen LogP contribution >= 0.6 is 0 Å². The number of hydrogen-bond donors (Lipinski definition) is 1. The number of anilines is 1. The van der Waals surface area contributed by atoms with Crippen molar-refractivity contribution in [3.05, 3.63) is 58.7 Å². The molecule has 7 nitrogen and oxygen atoms in total. The second-order valence-electron chi connectivity index (χ2n) is 10.7. The molecule has 0 unspecified atom stereocenters. The molecule has 1 heterocycles. The fourth-order valence-corrected chi connectivity index (χ4v) is 4.97. The third-order valence-corrected chi connectivity index (χ3v) is 7.20. The van der Waals surface area contributed by atoms with Crippen LogP contribution in [-0.2, 0) is 14.3 Å². The maximum atomic E-state index is 14.3. The van der Waals surface area contributed by atoms with E-state index in [1.54, 1.807) is 26.0 Å². The van der Waals surface area contributed by atoms with Crippen LogP contribution in [0.15, 0.2) is 51.7 Å². The lowest BCUT2D eigenvalue weighted by Gasteiger charge is -2.15. The van der Waals surface area contributed by atoms with Crippen LogP contribution in [0.3, 0.4) is 0 Å². The molecular formula is C34H44FNO6. The molecule has 0 aliphatic carbocycles. The van der Waals surface area contributed by atoms with E-state index >= 15 is 0 Å². The van der Waals surface area contributed by atoms with E-state index < -0.39 is 23.5 Å². The molecule has 0 bridgehead atoms. The molecule has 0 spiro atoms. The largest absolute Gasteiger partial charge is 0.479 e. The molecule has 0 radical (unpaired) electrons. The Bertz CT molecular complexity index is 1370. The zero-order valence-electron chi connectivity index (χ0n) is 25.1. The van der Waals surface area contributed by atoms with Crippen LogP contribution in [0.4, 0.5) is 10.1 Å². The van der Waals surface area contributed by atoms with Gasteiger partial charge in [-0.05, 0) is 50.6 Å². The molecule has 8 heteroatoms. The predicted octanol–water partition coefficient (Wildman–Crippen LogP) is 8.57. The first kappa shape index (κ1) is 32.8. The summed E-state index contributed by atoms with van der Waals surface area (Å²) in [7, 11) is 0. The van der Waals surface area contributed by atoms with Crippen molar-refractivity contribution in [1.82, 2.24) is 0 Å². The molecule has 1 N–H and O–H groups in total. The molecule has 3 aromatic rings. The Morgan fingerprint density at radius 2 is 1.52 bits per heavy atom. The van der Waals surface area contributed by atoms with Gasteiger partial charge in [-0.1, -0.05) is 71.1 Å². The van der Waals surface area contributed by atoms with Crippen molar-refractivity contribution in [3.63, 3.8) is 0 Å². The maximum Gasteiger partial charge on any atom is 0.347 e. The highest BCUT2D eigenvalue weighted by molar-refractivity contribution is 6.01. The number of nitrogens with one attached hydrogen (secondary N) is 1. The Labute approximate surface area is 247 Å². The molecule has 0 aliphatic rings. The SMILES string of the molecule is CCCCCCCCCCCCCC(=O)Nc1cc(F)ccc1-c1cc(=O)oc2cc(O[C@H](C)C(=O)OCC)ccc12. The van der Waals surface area contributed by atoms with Crippen molar-refractivity contribution >= 4 is 28.5 Å². The van der Waals surface area contributed by atoms with Gasteiger partial charge in [0, 0.05) is 35.1 Å². The van der Waals surface area contributed by atoms with Crippen molar-refractivity contribution in [1.29, 1.82) is 0 Å². The summed E-state index contributed by atoms with van der Waals surface area (Å²) < 4.78 is 30.3. The van der Waals surface area contributed by atoms with E-state index in [1.165, 1.54) is 81.7 Å². The number of unbranched alkanes of at least 4 members (excludes halogenated alkanes) is 10. The number of fused-ring (bicyclic) bond motifs is 1. The van der Waals surface area contributed by atoms with Gasteiger partial charge in [0.15, 0.2) is 6.10 Å². The van der Waals surface area contributed by atoms with Gasteiger partial charge < -0.3 is 19.2 Å².